The number of nitrogens with one attached hydrogen (secondary N) is 1. The molecule has 1 aromatic heterocycles. The van der Waals surface area contributed by atoms with E-state index in [1.807, 2.05) is 22.8 Å². The van der Waals surface area contributed by atoms with Crippen LogP contribution in [0.4, 0.5) is 11.4 Å². The van der Waals surface area contributed by atoms with Crippen LogP contribution < -0.4 is 21.5 Å². The first kappa shape index (κ1) is 18.6. The SMILES string of the molecule is CC(C)CNC(=O)c1ccc(N2CC3CC(C2)c2cccc(=O)n2C3)c(N)c1. The van der Waals surface area contributed by atoms with E-state index in [1.54, 1.807) is 12.1 Å². The van der Waals surface area contributed by atoms with E-state index in [2.05, 4.69) is 30.1 Å². The van der Waals surface area contributed by atoms with Crippen molar-refractivity contribution in [3.05, 3.63) is 58.0 Å². The van der Waals surface area contributed by atoms with Crippen molar-refractivity contribution >= 4 is 17.3 Å². The summed E-state index contributed by atoms with van der Waals surface area (Å²) in [7, 11) is 0. The lowest BCUT2D eigenvalue weighted by molar-refractivity contribution is 0.0949. The average Bonchev–Trinajstić information content (AvgIpc) is 2.66. The number of piperidine rings is 1. The van der Waals surface area contributed by atoms with Gasteiger partial charge < -0.3 is 20.5 Å². The first-order chi connectivity index (χ1) is 13.4. The molecular formula is C22H28N4O2. The molecule has 3 heterocycles. The highest BCUT2D eigenvalue weighted by Gasteiger charge is 2.35. The van der Waals surface area contributed by atoms with Crippen LogP contribution in [0.5, 0.6) is 0 Å². The van der Waals surface area contributed by atoms with Gasteiger partial charge in [0.25, 0.3) is 11.5 Å². The van der Waals surface area contributed by atoms with E-state index in [4.69, 9.17) is 5.73 Å². The Labute approximate surface area is 165 Å². The number of hydrogen-bond acceptors (Lipinski definition) is 4. The van der Waals surface area contributed by atoms with E-state index in [0.717, 1.165) is 37.4 Å². The van der Waals surface area contributed by atoms with Gasteiger partial charge in [-0.15, -0.1) is 0 Å². The van der Waals surface area contributed by atoms with Crippen LogP contribution >= 0.6 is 0 Å². The van der Waals surface area contributed by atoms with Gasteiger partial charge in [0.2, 0.25) is 0 Å². The van der Waals surface area contributed by atoms with Crippen molar-refractivity contribution in [1.82, 2.24) is 9.88 Å². The maximum Gasteiger partial charge on any atom is 0.251 e. The lowest BCUT2D eigenvalue weighted by Crippen LogP contribution is -2.47. The molecule has 1 fully saturated rings. The summed E-state index contributed by atoms with van der Waals surface area (Å²) in [4.78, 5) is 26.8. The second-order valence-corrected chi connectivity index (χ2v) is 8.48. The summed E-state index contributed by atoms with van der Waals surface area (Å²) in [6.07, 6.45) is 1.11. The Bertz CT molecular complexity index is 950. The number of amides is 1. The molecule has 6 heteroatoms. The predicted octanol–water partition coefficient (Wildman–Crippen LogP) is 2.44. The van der Waals surface area contributed by atoms with Gasteiger partial charge in [-0.1, -0.05) is 19.9 Å². The second-order valence-electron chi connectivity index (χ2n) is 8.48. The molecule has 2 aliphatic heterocycles. The number of aromatic nitrogens is 1. The van der Waals surface area contributed by atoms with Gasteiger partial charge in [-0.2, -0.15) is 0 Å². The Morgan fingerprint density at radius 1 is 1.21 bits per heavy atom. The Kier molecular flexibility index (Phi) is 4.87. The molecule has 2 bridgehead atoms. The Morgan fingerprint density at radius 3 is 2.79 bits per heavy atom. The molecule has 0 spiro atoms. The fourth-order valence-corrected chi connectivity index (χ4v) is 4.48. The molecule has 0 aliphatic carbocycles. The third kappa shape index (κ3) is 3.51. The average molecular weight is 380 g/mol. The van der Waals surface area contributed by atoms with Crippen LogP contribution in [-0.4, -0.2) is 30.1 Å². The van der Waals surface area contributed by atoms with Gasteiger partial charge >= 0.3 is 0 Å². The number of carbonyl (C=O) groups excluding carboxylic acids is 1. The summed E-state index contributed by atoms with van der Waals surface area (Å²) in [6, 6.07) is 11.1. The topological polar surface area (TPSA) is 80.4 Å². The lowest BCUT2D eigenvalue weighted by atomic mass is 9.83. The van der Waals surface area contributed by atoms with Crippen LogP contribution in [0.25, 0.3) is 0 Å². The number of benzene rings is 1. The minimum Gasteiger partial charge on any atom is -0.397 e. The number of nitrogens with zero attached hydrogens (tertiary/aromatic N) is 2. The summed E-state index contributed by atoms with van der Waals surface area (Å²) in [6.45, 7) is 7.25. The molecule has 2 aliphatic rings. The summed E-state index contributed by atoms with van der Waals surface area (Å²) >= 11 is 0. The van der Waals surface area contributed by atoms with Gasteiger partial charge in [0.05, 0.1) is 11.4 Å². The smallest absolute Gasteiger partial charge is 0.251 e. The van der Waals surface area contributed by atoms with Crippen molar-refractivity contribution in [2.45, 2.75) is 32.7 Å². The third-order valence-corrected chi connectivity index (χ3v) is 5.78. The first-order valence-corrected chi connectivity index (χ1v) is 10.0. The van der Waals surface area contributed by atoms with E-state index in [9.17, 15) is 9.59 Å². The summed E-state index contributed by atoms with van der Waals surface area (Å²) in [5, 5.41) is 2.93. The van der Waals surface area contributed by atoms with Crippen LogP contribution in [0.1, 0.15) is 42.2 Å². The zero-order chi connectivity index (χ0) is 19.8. The summed E-state index contributed by atoms with van der Waals surface area (Å²) in [5.74, 6) is 1.08. The highest BCUT2D eigenvalue weighted by Crippen LogP contribution is 2.38. The van der Waals surface area contributed by atoms with Crippen LogP contribution in [0, 0.1) is 11.8 Å². The van der Waals surface area contributed by atoms with Gasteiger partial charge in [0, 0.05) is 49.4 Å². The largest absolute Gasteiger partial charge is 0.397 e. The van der Waals surface area contributed by atoms with Crippen LogP contribution in [0.3, 0.4) is 0 Å². The first-order valence-electron chi connectivity index (χ1n) is 10.0. The minimum atomic E-state index is -0.0873. The van der Waals surface area contributed by atoms with Crippen molar-refractivity contribution in [2.75, 3.05) is 30.3 Å². The number of fused-ring (bicyclic) bond motifs is 4. The number of hydrogen-bond donors (Lipinski definition) is 2. The van der Waals surface area contributed by atoms with Gasteiger partial charge in [-0.3, -0.25) is 9.59 Å². The number of nitrogens with two attached hydrogens (primary N) is 1. The van der Waals surface area contributed by atoms with Crippen molar-refractivity contribution in [2.24, 2.45) is 11.8 Å². The van der Waals surface area contributed by atoms with E-state index in [1.165, 1.54) is 0 Å². The molecule has 148 valence electrons. The maximum atomic E-state index is 12.3. The molecular weight excluding hydrogens is 352 g/mol. The lowest BCUT2D eigenvalue weighted by Gasteiger charge is -2.44. The van der Waals surface area contributed by atoms with Gasteiger partial charge in [-0.25, -0.2) is 0 Å². The Balaban J connectivity index is 1.54. The van der Waals surface area contributed by atoms with Crippen molar-refractivity contribution in [3.8, 4) is 0 Å². The summed E-state index contributed by atoms with van der Waals surface area (Å²) < 4.78 is 1.93. The van der Waals surface area contributed by atoms with Crippen molar-refractivity contribution in [3.63, 3.8) is 0 Å². The number of nitrogen functional groups attached to an aromatic ring is 1. The Hall–Kier alpha value is -2.76. The highest BCUT2D eigenvalue weighted by molar-refractivity contribution is 5.96. The molecule has 1 aromatic carbocycles. The van der Waals surface area contributed by atoms with Gasteiger partial charge in [-0.05, 0) is 42.5 Å². The molecule has 2 atom stereocenters. The number of carbonyl (C=O) groups is 1. The van der Waals surface area contributed by atoms with Crippen molar-refractivity contribution in [1.29, 1.82) is 0 Å². The molecule has 4 rings (SSSR count). The normalized spacial score (nSPS) is 20.8. The van der Waals surface area contributed by atoms with Crippen LogP contribution in [-0.2, 0) is 6.54 Å². The monoisotopic (exact) mass is 380 g/mol. The zero-order valence-electron chi connectivity index (χ0n) is 16.5. The zero-order valence-corrected chi connectivity index (χ0v) is 16.5. The number of rotatable bonds is 4. The molecule has 2 unspecified atom stereocenters. The number of pyridine rings is 1. The molecule has 28 heavy (non-hydrogen) atoms. The van der Waals surface area contributed by atoms with E-state index < -0.39 is 0 Å². The maximum absolute atomic E-state index is 12.3. The standard InChI is InChI=1S/C22H28N4O2/c1-14(2)10-24-22(28)16-6-7-20(18(23)9-16)25-11-15-8-17(13-25)19-4-3-5-21(27)26(19)12-15/h3-7,9,14-15,17H,8,10-13,23H2,1-2H3,(H,24,28). The number of anilines is 2. The molecule has 1 saturated heterocycles. The summed E-state index contributed by atoms with van der Waals surface area (Å²) in [5.41, 5.74) is 9.75. The predicted molar refractivity (Wildman–Crippen MR) is 112 cm³/mol. The van der Waals surface area contributed by atoms with E-state index in [0.29, 0.717) is 35.5 Å². The van der Waals surface area contributed by atoms with Crippen molar-refractivity contribution < 1.29 is 4.79 Å². The quantitative estimate of drug-likeness (QED) is 0.799. The Morgan fingerprint density at radius 2 is 2.04 bits per heavy atom. The fraction of sp³-hybridized carbons (Fsp3) is 0.455. The van der Waals surface area contributed by atoms with E-state index in [-0.39, 0.29) is 11.5 Å². The van der Waals surface area contributed by atoms with Crippen LogP contribution in [0.15, 0.2) is 41.2 Å². The second kappa shape index (κ2) is 7.34. The molecule has 0 saturated carbocycles. The van der Waals surface area contributed by atoms with Crippen LogP contribution in [0.2, 0.25) is 0 Å². The highest BCUT2D eigenvalue weighted by atomic mass is 16.1. The minimum absolute atomic E-state index is 0.0873. The van der Waals surface area contributed by atoms with Gasteiger partial charge in [0.15, 0.2) is 0 Å². The molecule has 1 amide bonds. The molecule has 0 radical (unpaired) electrons. The molecule has 3 N–H and O–H groups in total. The molecule has 6 nitrogen and oxygen atoms in total. The molecule has 2 aromatic rings. The van der Waals surface area contributed by atoms with E-state index >= 15 is 0 Å². The third-order valence-electron chi connectivity index (χ3n) is 5.78. The van der Waals surface area contributed by atoms with Gasteiger partial charge in [0.1, 0.15) is 0 Å². The fourth-order valence-electron chi connectivity index (χ4n) is 4.48.